The van der Waals surface area contributed by atoms with Crippen LogP contribution in [-0.2, 0) is 25.3 Å². The van der Waals surface area contributed by atoms with Crippen LogP contribution in [0.1, 0.15) is 18.1 Å². The zero-order valence-electron chi connectivity index (χ0n) is 13.8. The number of ether oxygens (including phenoxy) is 2. The van der Waals surface area contributed by atoms with Gasteiger partial charge in [-0.2, -0.15) is 13.2 Å². The van der Waals surface area contributed by atoms with Crippen LogP contribution in [0.3, 0.4) is 0 Å². The van der Waals surface area contributed by atoms with E-state index >= 15 is 0 Å². The van der Waals surface area contributed by atoms with Crippen molar-refractivity contribution in [2.24, 2.45) is 5.16 Å². The molecule has 0 aliphatic rings. The summed E-state index contributed by atoms with van der Waals surface area (Å²) >= 11 is 0. The van der Waals surface area contributed by atoms with E-state index in [-0.39, 0.29) is 23.5 Å². The van der Waals surface area contributed by atoms with Gasteiger partial charge >= 0.3 is 12.1 Å². The number of rotatable bonds is 5. The topological polar surface area (TPSA) is 57.1 Å². The van der Waals surface area contributed by atoms with Crippen LogP contribution in [0.5, 0.6) is 0 Å². The Labute approximate surface area is 143 Å². The normalized spacial score (nSPS) is 12.1. The first kappa shape index (κ1) is 20.1. The Morgan fingerprint density at radius 2 is 2.04 bits per heavy atom. The number of oxime groups is 1. The molecule has 1 aromatic rings. The zero-order chi connectivity index (χ0) is 18.9. The van der Waals surface area contributed by atoms with Crippen molar-refractivity contribution < 1.29 is 32.3 Å². The Hall–Kier alpha value is -2.95. The van der Waals surface area contributed by atoms with E-state index in [2.05, 4.69) is 21.7 Å². The zero-order valence-corrected chi connectivity index (χ0v) is 13.8. The molecule has 0 aliphatic heterocycles. The SMILES string of the molecule is COC=C(C#CCON=C(C)c1cccc(C(F)(F)F)c1)C(=O)OC. The van der Waals surface area contributed by atoms with Gasteiger partial charge in [-0.15, -0.1) is 0 Å². The summed E-state index contributed by atoms with van der Waals surface area (Å²) in [5, 5.41) is 3.71. The number of methoxy groups -OCH3 is 2. The predicted molar refractivity (Wildman–Crippen MR) is 84.5 cm³/mol. The average Bonchev–Trinajstić information content (AvgIpc) is 2.59. The standard InChI is InChI=1S/C17H16F3NO4/c1-12(13-6-4-8-15(10-13)17(18,19)20)21-25-9-5-7-14(11-23-2)16(22)24-3/h4,6,8,10-11H,9H2,1-3H3. The highest BCUT2D eigenvalue weighted by Gasteiger charge is 2.30. The van der Waals surface area contributed by atoms with Crippen molar-refractivity contribution in [1.29, 1.82) is 0 Å². The summed E-state index contributed by atoms with van der Waals surface area (Å²) in [6.45, 7) is 1.34. The van der Waals surface area contributed by atoms with Gasteiger partial charge in [-0.05, 0) is 24.6 Å². The third-order valence-corrected chi connectivity index (χ3v) is 2.81. The van der Waals surface area contributed by atoms with Crippen molar-refractivity contribution in [1.82, 2.24) is 0 Å². The molecule has 1 rings (SSSR count). The van der Waals surface area contributed by atoms with Crippen molar-refractivity contribution in [2.45, 2.75) is 13.1 Å². The number of carbonyl (C=O) groups excluding carboxylic acids is 1. The summed E-state index contributed by atoms with van der Waals surface area (Å²) < 4.78 is 47.2. The van der Waals surface area contributed by atoms with E-state index in [0.29, 0.717) is 0 Å². The summed E-state index contributed by atoms with van der Waals surface area (Å²) in [5.41, 5.74) is -0.246. The van der Waals surface area contributed by atoms with Gasteiger partial charge in [-0.3, -0.25) is 0 Å². The molecule has 0 radical (unpaired) electrons. The van der Waals surface area contributed by atoms with Crippen LogP contribution in [0.2, 0.25) is 0 Å². The van der Waals surface area contributed by atoms with Crippen LogP contribution in [0, 0.1) is 11.8 Å². The highest BCUT2D eigenvalue weighted by molar-refractivity contribution is 5.98. The molecule has 0 atom stereocenters. The van der Waals surface area contributed by atoms with E-state index in [1.54, 1.807) is 0 Å². The average molecular weight is 355 g/mol. The highest BCUT2D eigenvalue weighted by atomic mass is 19.4. The lowest BCUT2D eigenvalue weighted by molar-refractivity contribution is -0.137. The molecule has 0 aliphatic carbocycles. The number of benzene rings is 1. The number of nitrogens with zero attached hydrogens (tertiary/aromatic N) is 1. The lowest BCUT2D eigenvalue weighted by atomic mass is 10.1. The minimum absolute atomic E-state index is 0.00724. The molecule has 8 heteroatoms. The van der Waals surface area contributed by atoms with Gasteiger partial charge in [-0.25, -0.2) is 4.79 Å². The molecule has 0 unspecified atom stereocenters. The third kappa shape index (κ3) is 6.59. The van der Waals surface area contributed by atoms with Crippen molar-refractivity contribution in [3.05, 3.63) is 47.2 Å². The highest BCUT2D eigenvalue weighted by Crippen LogP contribution is 2.29. The first-order chi connectivity index (χ1) is 11.8. The van der Waals surface area contributed by atoms with Gasteiger partial charge in [-0.1, -0.05) is 29.1 Å². The quantitative estimate of drug-likeness (QED) is 0.155. The van der Waals surface area contributed by atoms with E-state index in [9.17, 15) is 18.0 Å². The first-order valence-electron chi connectivity index (χ1n) is 6.94. The summed E-state index contributed by atoms with van der Waals surface area (Å²) in [7, 11) is 2.55. The minimum atomic E-state index is -4.43. The van der Waals surface area contributed by atoms with E-state index in [0.717, 1.165) is 18.4 Å². The number of esters is 1. The molecule has 0 saturated carbocycles. The minimum Gasteiger partial charge on any atom is -0.503 e. The van der Waals surface area contributed by atoms with Crippen LogP contribution in [0.4, 0.5) is 13.2 Å². The van der Waals surface area contributed by atoms with Gasteiger partial charge in [0, 0.05) is 0 Å². The number of hydrogen-bond donors (Lipinski definition) is 0. The number of carbonyl (C=O) groups is 1. The van der Waals surface area contributed by atoms with E-state index in [1.165, 1.54) is 33.3 Å². The second kappa shape index (κ2) is 9.37. The maximum atomic E-state index is 12.7. The summed E-state index contributed by atoms with van der Waals surface area (Å²) in [4.78, 5) is 16.3. The van der Waals surface area contributed by atoms with Gasteiger partial charge in [0.2, 0.25) is 0 Å². The Bertz CT molecular complexity index is 727. The summed E-state index contributed by atoms with van der Waals surface area (Å²) in [6, 6.07) is 4.72. The molecule has 0 saturated heterocycles. The molecule has 0 bridgehead atoms. The number of alkyl halides is 3. The van der Waals surface area contributed by atoms with Gasteiger partial charge < -0.3 is 14.3 Å². The molecular formula is C17H16F3NO4. The van der Waals surface area contributed by atoms with E-state index in [4.69, 9.17) is 9.57 Å². The van der Waals surface area contributed by atoms with Crippen molar-refractivity contribution >= 4 is 11.7 Å². The maximum absolute atomic E-state index is 12.7. The Kier molecular flexibility index (Phi) is 7.53. The predicted octanol–water partition coefficient (Wildman–Crippen LogP) is 3.15. The third-order valence-electron chi connectivity index (χ3n) is 2.81. The first-order valence-corrected chi connectivity index (χ1v) is 6.94. The monoisotopic (exact) mass is 355 g/mol. The molecule has 0 amide bonds. The second-order valence-electron chi connectivity index (χ2n) is 4.59. The van der Waals surface area contributed by atoms with Crippen LogP contribution in [-0.4, -0.2) is 32.5 Å². The van der Waals surface area contributed by atoms with Gasteiger partial charge in [0.1, 0.15) is 11.8 Å². The Morgan fingerprint density at radius 3 is 2.64 bits per heavy atom. The fraction of sp³-hybridized carbons (Fsp3) is 0.294. The molecule has 0 N–H and O–H groups in total. The smallest absolute Gasteiger partial charge is 0.416 e. The molecule has 0 fully saturated rings. The molecule has 5 nitrogen and oxygen atoms in total. The summed E-state index contributed by atoms with van der Waals surface area (Å²) in [5.74, 6) is 4.33. The fourth-order valence-electron chi connectivity index (χ4n) is 1.62. The second-order valence-corrected chi connectivity index (χ2v) is 4.59. The van der Waals surface area contributed by atoms with Gasteiger partial charge in [0.05, 0.1) is 25.5 Å². The number of halogens is 3. The van der Waals surface area contributed by atoms with Crippen LogP contribution in [0.25, 0.3) is 0 Å². The molecule has 1 aromatic carbocycles. The van der Waals surface area contributed by atoms with E-state index in [1.807, 2.05) is 0 Å². The number of hydrogen-bond acceptors (Lipinski definition) is 5. The molecule has 25 heavy (non-hydrogen) atoms. The Balaban J connectivity index is 2.73. The lowest BCUT2D eigenvalue weighted by Gasteiger charge is -2.08. The van der Waals surface area contributed by atoms with Crippen molar-refractivity contribution in [3.8, 4) is 11.8 Å². The lowest BCUT2D eigenvalue weighted by Crippen LogP contribution is -2.07. The molecular weight excluding hydrogens is 339 g/mol. The van der Waals surface area contributed by atoms with Crippen LogP contribution >= 0.6 is 0 Å². The molecule has 0 heterocycles. The molecule has 134 valence electrons. The molecule has 0 aromatic heterocycles. The molecule has 0 spiro atoms. The van der Waals surface area contributed by atoms with Crippen LogP contribution < -0.4 is 0 Å². The maximum Gasteiger partial charge on any atom is 0.416 e. The van der Waals surface area contributed by atoms with Crippen molar-refractivity contribution in [3.63, 3.8) is 0 Å². The Morgan fingerprint density at radius 1 is 1.32 bits per heavy atom. The fourth-order valence-corrected chi connectivity index (χ4v) is 1.62. The van der Waals surface area contributed by atoms with Gasteiger partial charge in [0.25, 0.3) is 0 Å². The van der Waals surface area contributed by atoms with Gasteiger partial charge in [0.15, 0.2) is 6.61 Å². The van der Waals surface area contributed by atoms with E-state index < -0.39 is 17.7 Å². The van der Waals surface area contributed by atoms with Crippen LogP contribution in [0.15, 0.2) is 41.3 Å². The van der Waals surface area contributed by atoms with Crippen molar-refractivity contribution in [2.75, 3.05) is 20.8 Å². The largest absolute Gasteiger partial charge is 0.503 e. The summed E-state index contributed by atoms with van der Waals surface area (Å²) in [6.07, 6.45) is -3.31.